The molecule has 2 atom stereocenters. The molecule has 1 aliphatic carbocycles. The van der Waals surface area contributed by atoms with Gasteiger partial charge in [0.25, 0.3) is 0 Å². The molecule has 35 heavy (non-hydrogen) atoms. The molecule has 0 saturated carbocycles. The number of likely N-dealkylation sites (tertiary alicyclic amines) is 1. The second-order valence-corrected chi connectivity index (χ2v) is 8.84. The molecule has 1 unspecified atom stereocenters. The first-order valence-corrected chi connectivity index (χ1v) is 11.6. The Hall–Kier alpha value is -3.43. The Morgan fingerprint density at radius 3 is 2.29 bits per heavy atom. The Bertz CT molecular complexity index is 1060. The van der Waals surface area contributed by atoms with Gasteiger partial charge < -0.3 is 29.5 Å². The molecule has 0 radical (unpaired) electrons. The van der Waals surface area contributed by atoms with Crippen LogP contribution in [0.25, 0.3) is 11.1 Å². The summed E-state index contributed by atoms with van der Waals surface area (Å²) in [5, 5.41) is 12.2. The summed E-state index contributed by atoms with van der Waals surface area (Å²) in [6.07, 6.45) is 0.0314. The standard InChI is InChI=1S/C26H30N2O7/c1-33-15-22(23(29)28-13-7-12-26(16-28,34-2)24(30)31)27-25(32)35-14-21-19-10-5-3-8-17(19)18-9-4-6-11-20(18)21/h3-6,8-11,21-22H,7,12-16H2,1-2H3,(H,27,32)(H,30,31)/t22-,26?/m0/s1. The number of piperidine rings is 1. The summed E-state index contributed by atoms with van der Waals surface area (Å²) >= 11 is 0. The second kappa shape index (κ2) is 10.5. The molecule has 2 aromatic carbocycles. The number of ether oxygens (including phenoxy) is 3. The summed E-state index contributed by atoms with van der Waals surface area (Å²) in [7, 11) is 2.75. The molecule has 0 bridgehead atoms. The monoisotopic (exact) mass is 482 g/mol. The minimum Gasteiger partial charge on any atom is -0.479 e. The number of methoxy groups -OCH3 is 2. The van der Waals surface area contributed by atoms with E-state index >= 15 is 0 Å². The predicted molar refractivity (Wildman–Crippen MR) is 127 cm³/mol. The number of aliphatic carboxylic acids is 1. The van der Waals surface area contributed by atoms with Crippen LogP contribution in [-0.2, 0) is 23.8 Å². The average molecular weight is 483 g/mol. The Kier molecular flexibility index (Phi) is 7.37. The molecule has 186 valence electrons. The van der Waals surface area contributed by atoms with E-state index in [2.05, 4.69) is 17.4 Å². The van der Waals surface area contributed by atoms with Crippen LogP contribution in [-0.4, -0.2) is 80.1 Å². The molecule has 9 nitrogen and oxygen atoms in total. The van der Waals surface area contributed by atoms with Crippen molar-refractivity contribution in [3.8, 4) is 11.1 Å². The zero-order chi connectivity index (χ0) is 25.0. The summed E-state index contributed by atoms with van der Waals surface area (Å²) in [5.41, 5.74) is 2.95. The molecular weight excluding hydrogens is 452 g/mol. The SMILES string of the molecule is COC[C@H](NC(=O)OCC1c2ccccc2-c2ccccc21)C(=O)N1CCCC(OC)(C(=O)O)C1. The maximum Gasteiger partial charge on any atom is 0.407 e. The first kappa shape index (κ1) is 24.7. The normalized spacial score (nSPS) is 20.0. The zero-order valence-corrected chi connectivity index (χ0v) is 19.9. The average Bonchev–Trinajstić information content (AvgIpc) is 3.20. The number of hydrogen-bond acceptors (Lipinski definition) is 6. The van der Waals surface area contributed by atoms with Gasteiger partial charge in [0.15, 0.2) is 5.60 Å². The molecule has 4 rings (SSSR count). The van der Waals surface area contributed by atoms with Crippen molar-refractivity contribution in [2.75, 3.05) is 40.5 Å². The first-order chi connectivity index (χ1) is 16.9. The van der Waals surface area contributed by atoms with Crippen LogP contribution in [0.1, 0.15) is 29.9 Å². The van der Waals surface area contributed by atoms with E-state index in [1.54, 1.807) is 0 Å². The van der Waals surface area contributed by atoms with E-state index in [0.717, 1.165) is 22.3 Å². The van der Waals surface area contributed by atoms with Crippen LogP contribution >= 0.6 is 0 Å². The highest BCUT2D eigenvalue weighted by Crippen LogP contribution is 2.44. The lowest BCUT2D eigenvalue weighted by Gasteiger charge is -2.39. The minimum absolute atomic E-state index is 0.0768. The number of amides is 2. The van der Waals surface area contributed by atoms with Gasteiger partial charge in [-0.05, 0) is 35.1 Å². The minimum atomic E-state index is -1.46. The van der Waals surface area contributed by atoms with Crippen LogP contribution in [0.5, 0.6) is 0 Å². The lowest BCUT2D eigenvalue weighted by Crippen LogP contribution is -2.60. The lowest BCUT2D eigenvalue weighted by atomic mass is 9.92. The molecule has 2 aromatic rings. The van der Waals surface area contributed by atoms with Crippen LogP contribution in [0, 0.1) is 0 Å². The number of fused-ring (bicyclic) bond motifs is 3. The van der Waals surface area contributed by atoms with E-state index in [0.29, 0.717) is 19.4 Å². The number of nitrogens with zero attached hydrogens (tertiary/aromatic N) is 1. The molecule has 1 heterocycles. The Balaban J connectivity index is 1.42. The van der Waals surface area contributed by atoms with E-state index in [1.165, 1.54) is 19.1 Å². The van der Waals surface area contributed by atoms with Crippen molar-refractivity contribution in [3.05, 3.63) is 59.7 Å². The van der Waals surface area contributed by atoms with Crippen molar-refractivity contribution in [3.63, 3.8) is 0 Å². The fraction of sp³-hybridized carbons (Fsp3) is 0.423. The van der Waals surface area contributed by atoms with Crippen LogP contribution in [0.4, 0.5) is 4.79 Å². The van der Waals surface area contributed by atoms with Crippen molar-refractivity contribution in [1.29, 1.82) is 0 Å². The van der Waals surface area contributed by atoms with Gasteiger partial charge in [0.1, 0.15) is 12.6 Å². The zero-order valence-electron chi connectivity index (χ0n) is 19.9. The van der Waals surface area contributed by atoms with E-state index in [1.807, 2.05) is 36.4 Å². The Morgan fingerprint density at radius 2 is 1.71 bits per heavy atom. The molecule has 0 aromatic heterocycles. The van der Waals surface area contributed by atoms with Crippen molar-refractivity contribution in [2.45, 2.75) is 30.4 Å². The topological polar surface area (TPSA) is 114 Å². The van der Waals surface area contributed by atoms with Crippen LogP contribution in [0.15, 0.2) is 48.5 Å². The summed E-state index contributed by atoms with van der Waals surface area (Å²) in [5.74, 6) is -1.67. The third-order valence-corrected chi connectivity index (χ3v) is 6.81. The van der Waals surface area contributed by atoms with Crippen molar-refractivity contribution < 1.29 is 33.7 Å². The summed E-state index contributed by atoms with van der Waals surface area (Å²) in [4.78, 5) is 39.0. The molecule has 1 saturated heterocycles. The number of hydrogen-bond donors (Lipinski definition) is 2. The molecule has 1 fully saturated rings. The van der Waals surface area contributed by atoms with Crippen molar-refractivity contribution in [1.82, 2.24) is 10.2 Å². The number of benzene rings is 2. The highest BCUT2D eigenvalue weighted by atomic mass is 16.5. The number of carboxylic acids is 1. The third-order valence-electron chi connectivity index (χ3n) is 6.81. The summed E-state index contributed by atoms with van der Waals surface area (Å²) in [6, 6.07) is 15.0. The van der Waals surface area contributed by atoms with Gasteiger partial charge in [-0.2, -0.15) is 0 Å². The van der Waals surface area contributed by atoms with Gasteiger partial charge in [-0.3, -0.25) is 4.79 Å². The van der Waals surface area contributed by atoms with Gasteiger partial charge >= 0.3 is 12.1 Å². The molecule has 2 N–H and O–H groups in total. The molecular formula is C26H30N2O7. The third kappa shape index (κ3) is 4.87. The van der Waals surface area contributed by atoms with Gasteiger partial charge in [-0.15, -0.1) is 0 Å². The maximum atomic E-state index is 13.2. The van der Waals surface area contributed by atoms with Gasteiger partial charge in [-0.25, -0.2) is 9.59 Å². The quantitative estimate of drug-likeness (QED) is 0.594. The number of rotatable bonds is 8. The van der Waals surface area contributed by atoms with Crippen LogP contribution in [0.2, 0.25) is 0 Å². The second-order valence-electron chi connectivity index (χ2n) is 8.84. The predicted octanol–water partition coefficient (Wildman–Crippen LogP) is 2.63. The highest BCUT2D eigenvalue weighted by Gasteiger charge is 2.45. The van der Waals surface area contributed by atoms with Gasteiger partial charge in [0, 0.05) is 26.7 Å². The van der Waals surface area contributed by atoms with Crippen molar-refractivity contribution in [2.24, 2.45) is 0 Å². The smallest absolute Gasteiger partial charge is 0.407 e. The largest absolute Gasteiger partial charge is 0.479 e. The fourth-order valence-corrected chi connectivity index (χ4v) is 4.98. The van der Waals surface area contributed by atoms with Gasteiger partial charge in [0.2, 0.25) is 5.91 Å². The maximum absolute atomic E-state index is 13.2. The van der Waals surface area contributed by atoms with E-state index in [9.17, 15) is 19.5 Å². The van der Waals surface area contributed by atoms with E-state index in [-0.39, 0.29) is 25.7 Å². The number of carbonyl (C=O) groups excluding carboxylic acids is 2. The van der Waals surface area contributed by atoms with Gasteiger partial charge in [-0.1, -0.05) is 48.5 Å². The fourth-order valence-electron chi connectivity index (χ4n) is 4.98. The van der Waals surface area contributed by atoms with Crippen LogP contribution in [0.3, 0.4) is 0 Å². The first-order valence-electron chi connectivity index (χ1n) is 11.6. The number of alkyl carbamates (subject to hydrolysis) is 1. The number of nitrogens with one attached hydrogen (secondary N) is 1. The number of carboxylic acid groups (broad SMARTS) is 1. The molecule has 2 aliphatic rings. The molecule has 2 amide bonds. The summed E-state index contributed by atoms with van der Waals surface area (Å²) < 4.78 is 16.0. The van der Waals surface area contributed by atoms with E-state index < -0.39 is 29.6 Å². The highest BCUT2D eigenvalue weighted by molar-refractivity contribution is 5.87. The lowest BCUT2D eigenvalue weighted by molar-refractivity contribution is -0.171. The van der Waals surface area contributed by atoms with Crippen molar-refractivity contribution >= 4 is 18.0 Å². The number of carbonyl (C=O) groups is 3. The van der Waals surface area contributed by atoms with E-state index in [4.69, 9.17) is 14.2 Å². The molecule has 1 aliphatic heterocycles. The summed E-state index contributed by atoms with van der Waals surface area (Å²) in [6.45, 7) is 0.296. The van der Waals surface area contributed by atoms with Crippen LogP contribution < -0.4 is 5.32 Å². The Morgan fingerprint density at radius 1 is 1.09 bits per heavy atom. The molecule has 9 heteroatoms. The Labute approximate surface area is 204 Å². The molecule has 0 spiro atoms. The van der Waals surface area contributed by atoms with Gasteiger partial charge in [0.05, 0.1) is 13.2 Å².